The fourth-order valence-corrected chi connectivity index (χ4v) is 6.03. The molecule has 1 aliphatic heterocycles. The molecule has 1 N–H and O–H groups in total. The topological polar surface area (TPSA) is 92.3 Å². The van der Waals surface area contributed by atoms with Crippen molar-refractivity contribution in [2.75, 3.05) is 27.7 Å². The maximum absolute atomic E-state index is 12.5. The Kier molecular flexibility index (Phi) is 5.83. The van der Waals surface area contributed by atoms with Crippen molar-refractivity contribution in [2.45, 2.75) is 31.0 Å². The molecule has 0 spiro atoms. The molecule has 1 aromatic carbocycles. The molecule has 1 amide bonds. The second-order valence-corrected chi connectivity index (χ2v) is 10.4. The predicted octanol–water partition coefficient (Wildman–Crippen LogP) is 3.14. The van der Waals surface area contributed by atoms with Crippen LogP contribution < -0.4 is 9.62 Å². The zero-order chi connectivity index (χ0) is 18.7. The molecule has 140 valence electrons. The first-order valence-corrected chi connectivity index (χ1v) is 11.7. The standard InChI is InChI=1S/C16H20N4O3S3/c1-3-24-16-19-18-15(25-16)17-14(21)12-7-6-11(2)13(10-12)20-8-4-5-9-26(20,22)23/h6-7,10H,3-5,8-9H2,1-2H3,(H,17,18,21). The Labute approximate surface area is 161 Å². The van der Waals surface area contributed by atoms with E-state index in [-0.39, 0.29) is 11.7 Å². The number of carbonyl (C=O) groups is 1. The predicted molar refractivity (Wildman–Crippen MR) is 106 cm³/mol. The van der Waals surface area contributed by atoms with Crippen LogP contribution in [0.4, 0.5) is 10.8 Å². The zero-order valence-electron chi connectivity index (χ0n) is 14.6. The van der Waals surface area contributed by atoms with Crippen LogP contribution in [0.5, 0.6) is 0 Å². The molecule has 1 saturated heterocycles. The fourth-order valence-electron chi connectivity index (χ4n) is 2.69. The summed E-state index contributed by atoms with van der Waals surface area (Å²) in [6, 6.07) is 5.09. The highest BCUT2D eigenvalue weighted by Crippen LogP contribution is 2.29. The monoisotopic (exact) mass is 412 g/mol. The molecule has 0 unspecified atom stereocenters. The van der Waals surface area contributed by atoms with Gasteiger partial charge < -0.3 is 0 Å². The third kappa shape index (κ3) is 4.18. The molecule has 7 nitrogen and oxygen atoms in total. The van der Waals surface area contributed by atoms with Gasteiger partial charge in [0.05, 0.1) is 11.4 Å². The molecule has 1 aromatic heterocycles. The lowest BCUT2D eigenvalue weighted by molar-refractivity contribution is 0.102. The van der Waals surface area contributed by atoms with E-state index < -0.39 is 10.0 Å². The van der Waals surface area contributed by atoms with Gasteiger partial charge in [0.1, 0.15) is 0 Å². The van der Waals surface area contributed by atoms with E-state index in [0.717, 1.165) is 22.1 Å². The Morgan fingerprint density at radius 3 is 2.88 bits per heavy atom. The average Bonchev–Trinajstić information content (AvgIpc) is 3.03. The van der Waals surface area contributed by atoms with Crippen molar-refractivity contribution in [3.8, 4) is 0 Å². The molecule has 0 saturated carbocycles. The van der Waals surface area contributed by atoms with Gasteiger partial charge in [0.15, 0.2) is 4.34 Å². The first kappa shape index (κ1) is 19.1. The number of aromatic nitrogens is 2. The highest BCUT2D eigenvalue weighted by molar-refractivity contribution is 8.01. The van der Waals surface area contributed by atoms with Gasteiger partial charge in [-0.3, -0.25) is 14.4 Å². The van der Waals surface area contributed by atoms with E-state index >= 15 is 0 Å². The summed E-state index contributed by atoms with van der Waals surface area (Å²) < 4.78 is 27.0. The van der Waals surface area contributed by atoms with E-state index in [0.29, 0.717) is 29.3 Å². The number of hydrogen-bond acceptors (Lipinski definition) is 7. The van der Waals surface area contributed by atoms with Gasteiger partial charge in [-0.05, 0) is 43.2 Å². The number of nitrogens with one attached hydrogen (secondary N) is 1. The van der Waals surface area contributed by atoms with Crippen molar-refractivity contribution in [3.05, 3.63) is 29.3 Å². The molecule has 0 radical (unpaired) electrons. The number of nitrogens with zero attached hydrogens (tertiary/aromatic N) is 3. The number of anilines is 2. The van der Waals surface area contributed by atoms with Crippen molar-refractivity contribution in [3.63, 3.8) is 0 Å². The third-order valence-electron chi connectivity index (χ3n) is 3.98. The van der Waals surface area contributed by atoms with Gasteiger partial charge in [-0.2, -0.15) is 0 Å². The van der Waals surface area contributed by atoms with Crippen LogP contribution in [0, 0.1) is 6.92 Å². The minimum atomic E-state index is -3.32. The summed E-state index contributed by atoms with van der Waals surface area (Å²) in [5.41, 5.74) is 1.78. The Bertz CT molecular complexity index is 911. The van der Waals surface area contributed by atoms with Gasteiger partial charge in [-0.25, -0.2) is 8.42 Å². The second kappa shape index (κ2) is 7.93. The molecule has 1 fully saturated rings. The molecule has 3 rings (SSSR count). The third-order valence-corrected chi connectivity index (χ3v) is 7.69. The molecule has 26 heavy (non-hydrogen) atoms. The molecular weight excluding hydrogens is 392 g/mol. The highest BCUT2D eigenvalue weighted by Gasteiger charge is 2.27. The van der Waals surface area contributed by atoms with Gasteiger partial charge >= 0.3 is 0 Å². The largest absolute Gasteiger partial charge is 0.296 e. The molecular formula is C16H20N4O3S3. The van der Waals surface area contributed by atoms with Crippen LogP contribution in [-0.2, 0) is 10.0 Å². The molecule has 0 atom stereocenters. The van der Waals surface area contributed by atoms with E-state index in [2.05, 4.69) is 15.5 Å². The summed E-state index contributed by atoms with van der Waals surface area (Å²) in [4.78, 5) is 12.5. The van der Waals surface area contributed by atoms with E-state index in [4.69, 9.17) is 0 Å². The number of aryl methyl sites for hydroxylation is 1. The lowest BCUT2D eigenvalue weighted by atomic mass is 10.1. The van der Waals surface area contributed by atoms with Crippen molar-refractivity contribution in [1.82, 2.24) is 10.2 Å². The molecule has 1 aliphatic rings. The Balaban J connectivity index is 1.83. The minimum Gasteiger partial charge on any atom is -0.296 e. The van der Waals surface area contributed by atoms with Crippen molar-refractivity contribution in [2.24, 2.45) is 0 Å². The summed E-state index contributed by atoms with van der Waals surface area (Å²) in [5, 5.41) is 11.1. The summed E-state index contributed by atoms with van der Waals surface area (Å²) in [6.45, 7) is 4.31. The van der Waals surface area contributed by atoms with E-state index in [9.17, 15) is 13.2 Å². The van der Waals surface area contributed by atoms with Gasteiger partial charge in [0.2, 0.25) is 15.2 Å². The summed E-state index contributed by atoms with van der Waals surface area (Å²) in [6.07, 6.45) is 1.49. The number of hydrogen-bond donors (Lipinski definition) is 1. The lowest BCUT2D eigenvalue weighted by Gasteiger charge is -2.29. The highest BCUT2D eigenvalue weighted by atomic mass is 32.2. The molecule has 0 bridgehead atoms. The van der Waals surface area contributed by atoms with E-state index in [1.165, 1.54) is 15.6 Å². The fraction of sp³-hybridized carbons (Fsp3) is 0.438. The van der Waals surface area contributed by atoms with Crippen LogP contribution in [0.1, 0.15) is 35.7 Å². The van der Waals surface area contributed by atoms with Gasteiger partial charge in [-0.15, -0.1) is 10.2 Å². The normalized spacial score (nSPS) is 16.5. The van der Waals surface area contributed by atoms with Gasteiger partial charge in [-0.1, -0.05) is 36.1 Å². The van der Waals surface area contributed by atoms with Crippen molar-refractivity contribution in [1.29, 1.82) is 0 Å². The van der Waals surface area contributed by atoms with Crippen molar-refractivity contribution < 1.29 is 13.2 Å². The number of benzene rings is 1. The number of rotatable bonds is 5. The maximum atomic E-state index is 12.5. The van der Waals surface area contributed by atoms with Crippen molar-refractivity contribution >= 4 is 49.8 Å². The van der Waals surface area contributed by atoms with Crippen LogP contribution >= 0.6 is 23.1 Å². The van der Waals surface area contributed by atoms with Crippen LogP contribution in [0.25, 0.3) is 0 Å². The molecule has 10 heteroatoms. The smallest absolute Gasteiger partial charge is 0.257 e. The summed E-state index contributed by atoms with van der Waals surface area (Å²) in [5.74, 6) is 0.699. The average molecular weight is 413 g/mol. The number of thioether (sulfide) groups is 1. The number of carbonyl (C=O) groups excluding carboxylic acids is 1. The van der Waals surface area contributed by atoms with Gasteiger partial charge in [0, 0.05) is 12.1 Å². The lowest BCUT2D eigenvalue weighted by Crippen LogP contribution is -2.38. The number of sulfonamides is 1. The Morgan fingerprint density at radius 1 is 1.35 bits per heavy atom. The van der Waals surface area contributed by atoms with E-state index in [1.54, 1.807) is 30.0 Å². The zero-order valence-corrected chi connectivity index (χ0v) is 17.0. The maximum Gasteiger partial charge on any atom is 0.257 e. The molecule has 2 heterocycles. The summed E-state index contributed by atoms with van der Waals surface area (Å²) >= 11 is 2.88. The SMILES string of the molecule is CCSc1nnc(NC(=O)c2ccc(C)c(N3CCCCS3(=O)=O)c2)s1. The van der Waals surface area contributed by atoms with Crippen LogP contribution in [0.3, 0.4) is 0 Å². The quantitative estimate of drug-likeness (QED) is 0.599. The molecule has 2 aromatic rings. The van der Waals surface area contributed by atoms with Crippen LogP contribution in [0.2, 0.25) is 0 Å². The van der Waals surface area contributed by atoms with E-state index in [1.807, 2.05) is 13.8 Å². The van der Waals surface area contributed by atoms with Gasteiger partial charge in [0.25, 0.3) is 5.91 Å². The summed E-state index contributed by atoms with van der Waals surface area (Å²) in [7, 11) is -3.32. The first-order valence-electron chi connectivity index (χ1n) is 8.29. The Morgan fingerprint density at radius 2 is 2.15 bits per heavy atom. The van der Waals surface area contributed by atoms with Crippen LogP contribution in [-0.4, -0.2) is 42.6 Å². The minimum absolute atomic E-state index is 0.144. The molecule has 0 aliphatic carbocycles. The number of amides is 1. The van der Waals surface area contributed by atoms with Crippen LogP contribution in [0.15, 0.2) is 22.5 Å². The first-order chi connectivity index (χ1) is 12.4. The Hall–Kier alpha value is -1.65. The second-order valence-electron chi connectivity index (χ2n) is 5.86.